The highest BCUT2D eigenvalue weighted by atomic mass is 35.5. The summed E-state index contributed by atoms with van der Waals surface area (Å²) >= 11 is 1.73. The summed E-state index contributed by atoms with van der Waals surface area (Å²) in [6.07, 6.45) is 4.07. The van der Waals surface area contributed by atoms with Crippen LogP contribution in [-0.2, 0) is 23.1 Å². The first-order valence-corrected chi connectivity index (χ1v) is 12.6. The van der Waals surface area contributed by atoms with E-state index in [4.69, 9.17) is 14.2 Å². The molecule has 34 heavy (non-hydrogen) atoms. The largest absolute Gasteiger partial charge is 0.493 e. The molecule has 1 atom stereocenters. The first-order valence-electron chi connectivity index (χ1n) is 11.8. The predicted molar refractivity (Wildman–Crippen MR) is 139 cm³/mol. The molecule has 2 aliphatic rings. The van der Waals surface area contributed by atoms with Crippen LogP contribution in [0.15, 0.2) is 41.3 Å². The first-order chi connectivity index (χ1) is 16.1. The fourth-order valence-corrected chi connectivity index (χ4v) is 5.87. The van der Waals surface area contributed by atoms with Gasteiger partial charge < -0.3 is 18.8 Å². The summed E-state index contributed by atoms with van der Waals surface area (Å²) in [5.41, 5.74) is 2.21. The van der Waals surface area contributed by atoms with Crippen LogP contribution in [0.25, 0.3) is 21.2 Å². The van der Waals surface area contributed by atoms with E-state index >= 15 is 0 Å². The molecule has 0 spiro atoms. The highest BCUT2D eigenvalue weighted by molar-refractivity contribution is 7.19. The molecule has 2 saturated heterocycles. The Bertz CT molecular complexity index is 1170. The van der Waals surface area contributed by atoms with E-state index in [1.165, 1.54) is 4.88 Å². The van der Waals surface area contributed by atoms with E-state index in [0.717, 1.165) is 85.9 Å². The van der Waals surface area contributed by atoms with E-state index < -0.39 is 0 Å². The third-order valence-corrected chi connectivity index (χ3v) is 7.89. The van der Waals surface area contributed by atoms with Gasteiger partial charge in [-0.05, 0) is 49.4 Å². The molecule has 0 amide bonds. The van der Waals surface area contributed by atoms with Crippen molar-refractivity contribution in [3.05, 3.63) is 51.8 Å². The number of ether oxygens (including phenoxy) is 3. The second-order valence-electron chi connectivity index (χ2n) is 9.20. The molecular formula is C26H33ClN2O4S. The Balaban J connectivity index is 0.00000274. The van der Waals surface area contributed by atoms with Crippen molar-refractivity contribution in [2.45, 2.75) is 32.4 Å². The van der Waals surface area contributed by atoms with Gasteiger partial charge in [-0.15, -0.1) is 23.7 Å². The van der Waals surface area contributed by atoms with Gasteiger partial charge in [0, 0.05) is 60.7 Å². The van der Waals surface area contributed by atoms with Crippen molar-refractivity contribution in [2.24, 2.45) is 13.0 Å². The summed E-state index contributed by atoms with van der Waals surface area (Å²) in [6.45, 7) is 7.87. The Hall–Kier alpha value is -1.90. The fraction of sp³-hybridized carbons (Fsp3) is 0.500. The molecule has 0 radical (unpaired) electrons. The van der Waals surface area contributed by atoms with Gasteiger partial charge in [-0.3, -0.25) is 9.69 Å². The van der Waals surface area contributed by atoms with Crippen molar-refractivity contribution in [3.8, 4) is 16.9 Å². The molecular weight excluding hydrogens is 472 g/mol. The molecule has 2 fully saturated rings. The normalized spacial score (nSPS) is 19.8. The van der Waals surface area contributed by atoms with E-state index in [2.05, 4.69) is 30.0 Å². The smallest absolute Gasteiger partial charge is 0.259 e. The Labute approximate surface area is 210 Å². The molecule has 1 unspecified atom stereocenters. The summed E-state index contributed by atoms with van der Waals surface area (Å²) in [5, 5.41) is 0.796. The van der Waals surface area contributed by atoms with Gasteiger partial charge >= 0.3 is 0 Å². The van der Waals surface area contributed by atoms with Crippen molar-refractivity contribution < 1.29 is 14.2 Å². The van der Waals surface area contributed by atoms with E-state index in [-0.39, 0.29) is 18.0 Å². The number of nitrogens with zero attached hydrogens (tertiary/aromatic N) is 2. The number of fused-ring (bicyclic) bond motifs is 1. The molecule has 0 aliphatic carbocycles. The maximum absolute atomic E-state index is 12.9. The Morgan fingerprint density at radius 1 is 1.15 bits per heavy atom. The molecule has 2 aliphatic heterocycles. The number of rotatable bonds is 6. The minimum absolute atomic E-state index is 0. The van der Waals surface area contributed by atoms with Crippen molar-refractivity contribution in [1.29, 1.82) is 0 Å². The van der Waals surface area contributed by atoms with Crippen LogP contribution < -0.4 is 10.3 Å². The molecule has 1 aromatic carbocycles. The first kappa shape index (κ1) is 25.2. The number of pyridine rings is 1. The van der Waals surface area contributed by atoms with Crippen LogP contribution in [0.1, 0.15) is 24.6 Å². The number of hydrogen-bond donors (Lipinski definition) is 0. The highest BCUT2D eigenvalue weighted by Crippen LogP contribution is 2.35. The van der Waals surface area contributed by atoms with Crippen LogP contribution in [0, 0.1) is 5.92 Å². The summed E-state index contributed by atoms with van der Waals surface area (Å²) < 4.78 is 19.9. The fourth-order valence-electron chi connectivity index (χ4n) is 4.66. The Kier molecular flexibility index (Phi) is 8.32. The summed E-state index contributed by atoms with van der Waals surface area (Å²) in [4.78, 5) is 16.6. The van der Waals surface area contributed by atoms with Crippen LogP contribution in [0.5, 0.6) is 5.75 Å². The molecule has 5 rings (SSSR count). The van der Waals surface area contributed by atoms with Crippen LogP contribution in [0.3, 0.4) is 0 Å². The SMILES string of the molecule is CC1COCCN1Cc1cc2c(=O)n(C)cc(-c3cccc(OCC4CCOCC4)c3)c2s1.Cl. The molecule has 184 valence electrons. The standard InChI is InChI=1S/C26H32N2O4S.ClH/c1-18-16-31-11-8-28(18)14-22-13-23-25(33-22)24(15-27(2)26(23)29)20-4-3-5-21(12-20)32-17-19-6-9-30-10-7-19;/h3-5,12-13,15,18-19H,6-11,14,16-17H2,1-2H3;1H. The minimum Gasteiger partial charge on any atom is -0.493 e. The zero-order valence-corrected chi connectivity index (χ0v) is 21.5. The van der Waals surface area contributed by atoms with Gasteiger partial charge in [-0.2, -0.15) is 0 Å². The van der Waals surface area contributed by atoms with Crippen LogP contribution in [0.2, 0.25) is 0 Å². The van der Waals surface area contributed by atoms with Crippen LogP contribution in [0.4, 0.5) is 0 Å². The minimum atomic E-state index is 0. The molecule has 0 N–H and O–H groups in total. The Morgan fingerprint density at radius 3 is 2.76 bits per heavy atom. The lowest BCUT2D eigenvalue weighted by Gasteiger charge is -2.32. The van der Waals surface area contributed by atoms with E-state index in [0.29, 0.717) is 12.0 Å². The van der Waals surface area contributed by atoms with Gasteiger partial charge in [0.25, 0.3) is 5.56 Å². The second kappa shape index (κ2) is 11.2. The van der Waals surface area contributed by atoms with E-state index in [1.54, 1.807) is 15.9 Å². The zero-order chi connectivity index (χ0) is 22.8. The summed E-state index contributed by atoms with van der Waals surface area (Å²) in [7, 11) is 1.83. The number of morpholine rings is 1. The van der Waals surface area contributed by atoms with Gasteiger partial charge in [0.15, 0.2) is 0 Å². The third-order valence-electron chi connectivity index (χ3n) is 6.74. The molecule has 8 heteroatoms. The number of benzene rings is 1. The van der Waals surface area contributed by atoms with Gasteiger partial charge in [-0.25, -0.2) is 0 Å². The lowest BCUT2D eigenvalue weighted by molar-refractivity contribution is -0.00390. The van der Waals surface area contributed by atoms with Crippen molar-refractivity contribution in [2.75, 3.05) is 39.6 Å². The molecule has 2 aromatic heterocycles. The monoisotopic (exact) mass is 504 g/mol. The van der Waals surface area contributed by atoms with Gasteiger partial charge in [-0.1, -0.05) is 12.1 Å². The van der Waals surface area contributed by atoms with Crippen molar-refractivity contribution >= 4 is 33.8 Å². The Morgan fingerprint density at radius 2 is 1.97 bits per heavy atom. The maximum Gasteiger partial charge on any atom is 0.259 e. The number of halogens is 1. The lowest BCUT2D eigenvalue weighted by atomic mass is 10.0. The maximum atomic E-state index is 12.9. The predicted octanol–water partition coefficient (Wildman–Crippen LogP) is 4.71. The number of aromatic nitrogens is 1. The van der Waals surface area contributed by atoms with Crippen LogP contribution in [-0.4, -0.2) is 55.1 Å². The second-order valence-corrected chi connectivity index (χ2v) is 10.3. The molecule has 0 bridgehead atoms. The van der Waals surface area contributed by atoms with E-state index in [9.17, 15) is 4.79 Å². The van der Waals surface area contributed by atoms with Crippen molar-refractivity contribution in [1.82, 2.24) is 9.47 Å². The van der Waals surface area contributed by atoms with E-state index in [1.807, 2.05) is 25.4 Å². The zero-order valence-electron chi connectivity index (χ0n) is 19.8. The third kappa shape index (κ3) is 5.50. The average Bonchev–Trinajstić information content (AvgIpc) is 3.26. The summed E-state index contributed by atoms with van der Waals surface area (Å²) in [5.74, 6) is 1.43. The molecule has 3 aromatic rings. The lowest BCUT2D eigenvalue weighted by Crippen LogP contribution is -2.42. The number of hydrogen-bond acceptors (Lipinski definition) is 6. The van der Waals surface area contributed by atoms with Gasteiger partial charge in [0.1, 0.15) is 5.75 Å². The molecule has 6 nitrogen and oxygen atoms in total. The number of aryl methyl sites for hydroxylation is 1. The quantitative estimate of drug-likeness (QED) is 0.486. The highest BCUT2D eigenvalue weighted by Gasteiger charge is 2.21. The molecule has 0 saturated carbocycles. The average molecular weight is 505 g/mol. The number of thiophene rings is 1. The van der Waals surface area contributed by atoms with Crippen molar-refractivity contribution in [3.63, 3.8) is 0 Å². The molecule has 4 heterocycles. The van der Waals surface area contributed by atoms with Crippen LogP contribution >= 0.6 is 23.7 Å². The summed E-state index contributed by atoms with van der Waals surface area (Å²) in [6, 6.07) is 10.7. The van der Waals surface area contributed by atoms with Gasteiger partial charge in [0.05, 0.1) is 25.2 Å². The van der Waals surface area contributed by atoms with Gasteiger partial charge in [0.2, 0.25) is 0 Å². The topological polar surface area (TPSA) is 52.9 Å².